The number of aryl methyl sites for hydroxylation is 1. The molecule has 0 aliphatic carbocycles. The van der Waals surface area contributed by atoms with Gasteiger partial charge in [0.1, 0.15) is 17.2 Å². The SMILES string of the molecule is COc1cc2nc(C)[nH]c(=O)c2cc1C1CCN(C(=O)OC(C)(C)C)CC1. The summed E-state index contributed by atoms with van der Waals surface area (Å²) in [6.07, 6.45) is 1.30. The van der Waals surface area contributed by atoms with E-state index in [-0.39, 0.29) is 17.6 Å². The van der Waals surface area contributed by atoms with Crippen molar-refractivity contribution in [1.29, 1.82) is 0 Å². The van der Waals surface area contributed by atoms with E-state index in [2.05, 4.69) is 9.97 Å². The second-order valence-electron chi connectivity index (χ2n) is 8.00. The minimum absolute atomic E-state index is 0.146. The van der Waals surface area contributed by atoms with Gasteiger partial charge in [0.15, 0.2) is 0 Å². The Kier molecular flexibility index (Phi) is 5.13. The molecule has 0 spiro atoms. The number of nitrogens with one attached hydrogen (secondary N) is 1. The fraction of sp³-hybridized carbons (Fsp3) is 0.550. The zero-order chi connectivity index (χ0) is 19.8. The van der Waals surface area contributed by atoms with Crippen molar-refractivity contribution in [2.45, 2.75) is 52.1 Å². The highest BCUT2D eigenvalue weighted by Gasteiger charge is 2.29. The first-order valence-electron chi connectivity index (χ1n) is 9.24. The summed E-state index contributed by atoms with van der Waals surface area (Å²) < 4.78 is 11.0. The minimum atomic E-state index is -0.498. The molecule has 1 N–H and O–H groups in total. The molecule has 1 aromatic carbocycles. The van der Waals surface area contributed by atoms with Gasteiger partial charge in [-0.25, -0.2) is 9.78 Å². The maximum absolute atomic E-state index is 12.3. The average molecular weight is 373 g/mol. The fourth-order valence-electron chi connectivity index (χ4n) is 3.50. The van der Waals surface area contributed by atoms with E-state index < -0.39 is 5.60 Å². The smallest absolute Gasteiger partial charge is 0.410 e. The minimum Gasteiger partial charge on any atom is -0.496 e. The molecular formula is C20H27N3O4. The predicted octanol–water partition coefficient (Wildman–Crippen LogP) is 3.35. The van der Waals surface area contributed by atoms with Gasteiger partial charge in [0.05, 0.1) is 18.0 Å². The Morgan fingerprint density at radius 3 is 2.52 bits per heavy atom. The van der Waals surface area contributed by atoms with E-state index in [1.54, 1.807) is 18.9 Å². The second kappa shape index (κ2) is 7.21. The molecule has 7 heteroatoms. The van der Waals surface area contributed by atoms with Gasteiger partial charge in [-0.2, -0.15) is 0 Å². The molecule has 146 valence electrons. The Balaban J connectivity index is 1.82. The number of H-pyrrole nitrogens is 1. The molecule has 0 bridgehead atoms. The number of aromatic amines is 1. The van der Waals surface area contributed by atoms with Gasteiger partial charge in [-0.05, 0) is 58.1 Å². The Labute approximate surface area is 158 Å². The van der Waals surface area contributed by atoms with Crippen molar-refractivity contribution >= 4 is 17.0 Å². The molecule has 3 rings (SSSR count). The van der Waals surface area contributed by atoms with Gasteiger partial charge < -0.3 is 19.4 Å². The van der Waals surface area contributed by atoms with E-state index in [9.17, 15) is 9.59 Å². The number of methoxy groups -OCH3 is 1. The van der Waals surface area contributed by atoms with E-state index in [0.29, 0.717) is 29.8 Å². The lowest BCUT2D eigenvalue weighted by Crippen LogP contribution is -2.41. The van der Waals surface area contributed by atoms with Crippen LogP contribution in [0.2, 0.25) is 0 Å². The molecule has 7 nitrogen and oxygen atoms in total. The van der Waals surface area contributed by atoms with Crippen molar-refractivity contribution in [1.82, 2.24) is 14.9 Å². The average Bonchev–Trinajstić information content (AvgIpc) is 2.59. The second-order valence-corrected chi connectivity index (χ2v) is 8.00. The number of carbonyl (C=O) groups is 1. The third kappa shape index (κ3) is 4.23. The number of likely N-dealkylation sites (tertiary alicyclic amines) is 1. The Bertz CT molecular complexity index is 906. The van der Waals surface area contributed by atoms with Crippen molar-refractivity contribution in [3.05, 3.63) is 33.9 Å². The maximum Gasteiger partial charge on any atom is 0.410 e. The molecule has 2 aromatic rings. The lowest BCUT2D eigenvalue weighted by atomic mass is 9.88. The van der Waals surface area contributed by atoms with Crippen LogP contribution in [0.15, 0.2) is 16.9 Å². The molecule has 1 saturated heterocycles. The summed E-state index contributed by atoms with van der Waals surface area (Å²) in [4.78, 5) is 33.4. The molecule has 0 saturated carbocycles. The number of nitrogens with zero attached hydrogens (tertiary/aromatic N) is 2. The van der Waals surface area contributed by atoms with Gasteiger partial charge in [-0.15, -0.1) is 0 Å². The predicted molar refractivity (Wildman–Crippen MR) is 103 cm³/mol. The van der Waals surface area contributed by atoms with Crippen molar-refractivity contribution in [2.75, 3.05) is 20.2 Å². The number of amides is 1. The number of hydrogen-bond donors (Lipinski definition) is 1. The van der Waals surface area contributed by atoms with E-state index >= 15 is 0 Å². The van der Waals surface area contributed by atoms with Crippen LogP contribution >= 0.6 is 0 Å². The van der Waals surface area contributed by atoms with E-state index in [1.165, 1.54) is 0 Å². The molecular weight excluding hydrogens is 346 g/mol. The van der Waals surface area contributed by atoms with Crippen LogP contribution in [-0.4, -0.2) is 46.8 Å². The Hall–Kier alpha value is -2.57. The van der Waals surface area contributed by atoms with Crippen molar-refractivity contribution in [3.8, 4) is 5.75 Å². The number of carbonyl (C=O) groups excluding carboxylic acids is 1. The quantitative estimate of drug-likeness (QED) is 0.873. The number of fused-ring (bicyclic) bond motifs is 1. The fourth-order valence-corrected chi connectivity index (χ4v) is 3.50. The van der Waals surface area contributed by atoms with Crippen molar-refractivity contribution in [2.24, 2.45) is 0 Å². The molecule has 0 radical (unpaired) electrons. The third-order valence-electron chi connectivity index (χ3n) is 4.76. The van der Waals surface area contributed by atoms with Gasteiger partial charge in [0.25, 0.3) is 5.56 Å². The summed E-state index contributed by atoms with van der Waals surface area (Å²) in [6.45, 7) is 8.58. The largest absolute Gasteiger partial charge is 0.496 e. The van der Waals surface area contributed by atoms with Gasteiger partial charge in [-0.1, -0.05) is 0 Å². The standard InChI is InChI=1S/C20H27N3O4/c1-12-21-16-11-17(26-5)14(10-15(16)18(24)22-12)13-6-8-23(9-7-13)19(25)27-20(2,3)4/h10-11,13H,6-9H2,1-5H3,(H,21,22,24). The van der Waals surface area contributed by atoms with Crippen molar-refractivity contribution < 1.29 is 14.3 Å². The Morgan fingerprint density at radius 2 is 1.93 bits per heavy atom. The van der Waals surface area contributed by atoms with E-state index in [4.69, 9.17) is 9.47 Å². The first-order valence-corrected chi connectivity index (χ1v) is 9.24. The van der Waals surface area contributed by atoms with E-state index in [0.717, 1.165) is 24.2 Å². The van der Waals surface area contributed by atoms with Crippen LogP contribution < -0.4 is 10.3 Å². The first-order chi connectivity index (χ1) is 12.7. The first kappa shape index (κ1) is 19.2. The molecule has 2 heterocycles. The van der Waals surface area contributed by atoms with E-state index in [1.807, 2.05) is 32.9 Å². The lowest BCUT2D eigenvalue weighted by molar-refractivity contribution is 0.0204. The molecule has 0 atom stereocenters. The highest BCUT2D eigenvalue weighted by atomic mass is 16.6. The molecule has 1 amide bonds. The van der Waals surface area contributed by atoms with Gasteiger partial charge in [0.2, 0.25) is 0 Å². The molecule has 27 heavy (non-hydrogen) atoms. The number of rotatable bonds is 2. The van der Waals surface area contributed by atoms with Crippen LogP contribution in [0.1, 0.15) is 50.9 Å². The third-order valence-corrected chi connectivity index (χ3v) is 4.76. The van der Waals surface area contributed by atoms with Crippen LogP contribution in [0, 0.1) is 6.92 Å². The number of piperidine rings is 1. The molecule has 1 aliphatic heterocycles. The summed E-state index contributed by atoms with van der Waals surface area (Å²) in [5, 5.41) is 0.561. The summed E-state index contributed by atoms with van der Waals surface area (Å²) in [5.74, 6) is 1.52. The number of benzene rings is 1. The highest BCUT2D eigenvalue weighted by molar-refractivity contribution is 5.80. The highest BCUT2D eigenvalue weighted by Crippen LogP contribution is 2.36. The summed E-state index contributed by atoms with van der Waals surface area (Å²) in [7, 11) is 1.63. The normalized spacial score (nSPS) is 15.8. The van der Waals surface area contributed by atoms with Gasteiger partial charge >= 0.3 is 6.09 Å². The van der Waals surface area contributed by atoms with Crippen LogP contribution in [0.25, 0.3) is 10.9 Å². The number of hydrogen-bond acceptors (Lipinski definition) is 5. The number of ether oxygens (including phenoxy) is 2. The zero-order valence-corrected chi connectivity index (χ0v) is 16.6. The summed E-state index contributed by atoms with van der Waals surface area (Å²) in [6, 6.07) is 3.71. The van der Waals surface area contributed by atoms with Crippen molar-refractivity contribution in [3.63, 3.8) is 0 Å². The zero-order valence-electron chi connectivity index (χ0n) is 16.6. The van der Waals surface area contributed by atoms with Crippen LogP contribution in [0.5, 0.6) is 5.75 Å². The topological polar surface area (TPSA) is 84.5 Å². The summed E-state index contributed by atoms with van der Waals surface area (Å²) >= 11 is 0. The van der Waals surface area contributed by atoms with Gasteiger partial charge in [0, 0.05) is 19.2 Å². The lowest BCUT2D eigenvalue weighted by Gasteiger charge is -2.34. The van der Waals surface area contributed by atoms with Crippen LogP contribution in [-0.2, 0) is 4.74 Å². The van der Waals surface area contributed by atoms with Gasteiger partial charge in [-0.3, -0.25) is 4.79 Å². The van der Waals surface area contributed by atoms with Crippen LogP contribution in [0.4, 0.5) is 4.79 Å². The molecule has 1 fully saturated rings. The number of aromatic nitrogens is 2. The van der Waals surface area contributed by atoms with Crippen LogP contribution in [0.3, 0.4) is 0 Å². The molecule has 0 unspecified atom stereocenters. The maximum atomic E-state index is 12.3. The molecule has 1 aliphatic rings. The summed E-state index contributed by atoms with van der Waals surface area (Å²) in [5.41, 5.74) is 0.974. The monoisotopic (exact) mass is 373 g/mol. The Morgan fingerprint density at radius 1 is 1.26 bits per heavy atom. The molecule has 1 aromatic heterocycles.